The number of nitro groups is 1. The Labute approximate surface area is 185 Å². The first-order chi connectivity index (χ1) is 15.2. The lowest BCUT2D eigenvalue weighted by Crippen LogP contribution is -2.46. The summed E-state index contributed by atoms with van der Waals surface area (Å²) >= 11 is 0. The molecule has 10 nitrogen and oxygen atoms in total. The van der Waals surface area contributed by atoms with E-state index in [4.69, 9.17) is 0 Å². The lowest BCUT2D eigenvalue weighted by Gasteiger charge is -2.33. The monoisotopic (exact) mass is 455 g/mol. The maximum atomic E-state index is 12.8. The fourth-order valence-electron chi connectivity index (χ4n) is 3.15. The van der Waals surface area contributed by atoms with Gasteiger partial charge in [0.15, 0.2) is 0 Å². The van der Waals surface area contributed by atoms with E-state index in [0.29, 0.717) is 13.1 Å². The number of nitrogens with one attached hydrogen (secondary N) is 1. The summed E-state index contributed by atoms with van der Waals surface area (Å²) < 4.78 is 27.0. The number of nitro benzene ring substituents is 1. The van der Waals surface area contributed by atoms with Gasteiger partial charge in [-0.3, -0.25) is 14.9 Å². The second kappa shape index (κ2) is 9.59. The molecule has 1 fully saturated rings. The van der Waals surface area contributed by atoms with E-state index in [1.165, 1.54) is 34.8 Å². The summed E-state index contributed by atoms with van der Waals surface area (Å²) in [5, 5.41) is 22.7. The number of hydrogen-bond donors (Lipinski definition) is 1. The van der Waals surface area contributed by atoms with Gasteiger partial charge in [0.1, 0.15) is 11.6 Å². The molecular weight excluding hydrogens is 434 g/mol. The van der Waals surface area contributed by atoms with Crippen molar-refractivity contribution in [3.8, 4) is 6.07 Å². The molecule has 0 spiro atoms. The smallest absolute Gasteiger partial charge is 0.271 e. The molecular formula is C21H21N5O5S. The highest BCUT2D eigenvalue weighted by molar-refractivity contribution is 7.89. The van der Waals surface area contributed by atoms with Gasteiger partial charge in [0.25, 0.3) is 11.6 Å². The first-order valence-electron chi connectivity index (χ1n) is 9.69. The molecule has 0 aromatic heterocycles. The summed E-state index contributed by atoms with van der Waals surface area (Å²) in [5.41, 5.74) is 0.785. The van der Waals surface area contributed by atoms with Crippen molar-refractivity contribution < 1.29 is 18.1 Å². The Morgan fingerprint density at radius 2 is 1.81 bits per heavy atom. The fraction of sp³-hybridized carbons (Fsp3) is 0.238. The molecule has 166 valence electrons. The molecule has 1 heterocycles. The first-order valence-corrected chi connectivity index (χ1v) is 11.1. The predicted octanol–water partition coefficient (Wildman–Crippen LogP) is 2.26. The zero-order valence-corrected chi connectivity index (χ0v) is 18.1. The summed E-state index contributed by atoms with van der Waals surface area (Å²) in [6.07, 6.45) is 1.38. The van der Waals surface area contributed by atoms with Crippen LogP contribution >= 0.6 is 0 Å². The maximum Gasteiger partial charge on any atom is 0.271 e. The Morgan fingerprint density at radius 1 is 1.16 bits per heavy atom. The summed E-state index contributed by atoms with van der Waals surface area (Å²) in [7, 11) is -3.62. The minimum Gasteiger partial charge on any atom is -0.373 e. The molecule has 0 bridgehead atoms. The third-order valence-corrected chi connectivity index (χ3v) is 6.84. The summed E-state index contributed by atoms with van der Waals surface area (Å²) in [6, 6.07) is 13.8. The summed E-state index contributed by atoms with van der Waals surface area (Å²) in [6.45, 7) is 2.90. The number of benzene rings is 2. The third-order valence-electron chi connectivity index (χ3n) is 4.92. The normalized spacial score (nSPS) is 15.1. The van der Waals surface area contributed by atoms with E-state index in [1.54, 1.807) is 29.2 Å². The van der Waals surface area contributed by atoms with Crippen molar-refractivity contribution in [1.82, 2.24) is 9.21 Å². The molecule has 0 radical (unpaired) electrons. The van der Waals surface area contributed by atoms with E-state index in [9.17, 15) is 28.6 Å². The molecule has 1 aliphatic rings. The number of nitrogens with zero attached hydrogens (tertiary/aromatic N) is 4. The SMILES string of the molecule is Cc1ccc(S(=O)(=O)N2CCN(/C=C(/C#N)C(=O)Nc3cccc([N+](=O)[O-])c3)CC2)cc1. The van der Waals surface area contributed by atoms with Crippen molar-refractivity contribution in [3.63, 3.8) is 0 Å². The largest absolute Gasteiger partial charge is 0.373 e. The Kier molecular flexibility index (Phi) is 6.87. The molecule has 0 saturated carbocycles. The molecule has 0 atom stereocenters. The van der Waals surface area contributed by atoms with Gasteiger partial charge in [0, 0.05) is 50.2 Å². The van der Waals surface area contributed by atoms with E-state index in [2.05, 4.69) is 5.32 Å². The van der Waals surface area contributed by atoms with Gasteiger partial charge in [-0.1, -0.05) is 23.8 Å². The minimum atomic E-state index is -3.62. The van der Waals surface area contributed by atoms with Crippen molar-refractivity contribution in [3.05, 3.63) is 76.0 Å². The quantitative estimate of drug-likeness (QED) is 0.305. The maximum absolute atomic E-state index is 12.8. The van der Waals surface area contributed by atoms with Crippen molar-refractivity contribution in [1.29, 1.82) is 5.26 Å². The molecule has 32 heavy (non-hydrogen) atoms. The highest BCUT2D eigenvalue weighted by Crippen LogP contribution is 2.20. The van der Waals surface area contributed by atoms with Crippen LogP contribution in [-0.2, 0) is 14.8 Å². The van der Waals surface area contributed by atoms with Crippen molar-refractivity contribution in [2.45, 2.75) is 11.8 Å². The van der Waals surface area contributed by atoms with Gasteiger partial charge in [-0.2, -0.15) is 9.57 Å². The number of sulfonamides is 1. The van der Waals surface area contributed by atoms with E-state index in [0.717, 1.165) is 5.56 Å². The Hall–Kier alpha value is -3.75. The molecule has 1 amide bonds. The van der Waals surface area contributed by atoms with Crippen LogP contribution in [0.4, 0.5) is 11.4 Å². The zero-order chi connectivity index (χ0) is 23.3. The number of amides is 1. The predicted molar refractivity (Wildman–Crippen MR) is 117 cm³/mol. The van der Waals surface area contributed by atoms with E-state index in [-0.39, 0.29) is 34.9 Å². The lowest BCUT2D eigenvalue weighted by molar-refractivity contribution is -0.384. The van der Waals surface area contributed by atoms with Crippen molar-refractivity contribution in [2.75, 3.05) is 31.5 Å². The number of piperazine rings is 1. The van der Waals surface area contributed by atoms with Crippen molar-refractivity contribution in [2.24, 2.45) is 0 Å². The Balaban J connectivity index is 1.65. The van der Waals surface area contributed by atoms with Gasteiger partial charge in [0.05, 0.1) is 9.82 Å². The fourth-order valence-corrected chi connectivity index (χ4v) is 4.57. The molecule has 1 aliphatic heterocycles. The first kappa shape index (κ1) is 22.9. The topological polar surface area (TPSA) is 137 Å². The average Bonchev–Trinajstić information content (AvgIpc) is 2.78. The molecule has 11 heteroatoms. The van der Waals surface area contributed by atoms with E-state index < -0.39 is 20.9 Å². The Bertz CT molecular complexity index is 1190. The average molecular weight is 455 g/mol. The van der Waals surface area contributed by atoms with Crippen LogP contribution in [-0.4, -0.2) is 54.6 Å². The Morgan fingerprint density at radius 3 is 2.41 bits per heavy atom. The highest BCUT2D eigenvalue weighted by atomic mass is 32.2. The minimum absolute atomic E-state index is 0.184. The lowest BCUT2D eigenvalue weighted by atomic mass is 10.2. The second-order valence-electron chi connectivity index (χ2n) is 7.17. The van der Waals surface area contributed by atoms with Crippen LogP contribution in [0.15, 0.2) is 65.2 Å². The van der Waals surface area contributed by atoms with Gasteiger partial charge in [0.2, 0.25) is 10.0 Å². The number of non-ortho nitro benzene ring substituents is 1. The van der Waals surface area contributed by atoms with Gasteiger partial charge < -0.3 is 10.2 Å². The molecule has 1 N–H and O–H groups in total. The van der Waals surface area contributed by atoms with Crippen LogP contribution in [0.2, 0.25) is 0 Å². The second-order valence-corrected chi connectivity index (χ2v) is 9.11. The zero-order valence-electron chi connectivity index (χ0n) is 17.3. The van der Waals surface area contributed by atoms with Crippen LogP contribution in [0.3, 0.4) is 0 Å². The van der Waals surface area contributed by atoms with E-state index >= 15 is 0 Å². The number of aryl methyl sites for hydroxylation is 1. The van der Waals surface area contributed by atoms with Crippen LogP contribution < -0.4 is 5.32 Å². The number of carbonyl (C=O) groups is 1. The third kappa shape index (κ3) is 5.29. The number of carbonyl (C=O) groups excluding carboxylic acids is 1. The van der Waals surface area contributed by atoms with Crippen molar-refractivity contribution >= 4 is 27.3 Å². The number of hydrogen-bond acceptors (Lipinski definition) is 7. The van der Waals surface area contributed by atoms with Gasteiger partial charge in [-0.15, -0.1) is 0 Å². The number of anilines is 1. The van der Waals surface area contributed by atoms with Crippen LogP contribution in [0.1, 0.15) is 5.56 Å². The molecule has 0 unspecified atom stereocenters. The van der Waals surface area contributed by atoms with Crippen LogP contribution in [0.5, 0.6) is 0 Å². The standard InChI is InChI=1S/C21H21N5O5S/c1-16-5-7-20(8-6-16)32(30,31)25-11-9-24(10-12-25)15-17(14-22)21(27)23-18-3-2-4-19(13-18)26(28)29/h2-8,13,15H,9-12H2,1H3,(H,23,27)/b17-15-. The highest BCUT2D eigenvalue weighted by Gasteiger charge is 2.28. The molecule has 2 aromatic carbocycles. The van der Waals surface area contributed by atoms with Gasteiger partial charge in [-0.05, 0) is 25.1 Å². The molecule has 2 aromatic rings. The molecule has 1 saturated heterocycles. The summed E-state index contributed by atoms with van der Waals surface area (Å²) in [4.78, 5) is 24.6. The number of nitriles is 1. The van der Waals surface area contributed by atoms with Gasteiger partial charge >= 0.3 is 0 Å². The van der Waals surface area contributed by atoms with E-state index in [1.807, 2.05) is 13.0 Å². The van der Waals surface area contributed by atoms with Crippen LogP contribution in [0, 0.1) is 28.4 Å². The number of rotatable bonds is 6. The molecule has 0 aliphatic carbocycles. The van der Waals surface area contributed by atoms with Gasteiger partial charge in [-0.25, -0.2) is 8.42 Å². The summed E-state index contributed by atoms with van der Waals surface area (Å²) in [5.74, 6) is -0.706. The molecule has 3 rings (SSSR count). The van der Waals surface area contributed by atoms with Crippen LogP contribution in [0.25, 0.3) is 0 Å².